The van der Waals surface area contributed by atoms with Gasteiger partial charge in [-0.15, -0.1) is 0 Å². The molecule has 0 fully saturated rings. The van der Waals surface area contributed by atoms with Crippen LogP contribution in [0, 0.1) is 6.92 Å². The summed E-state index contributed by atoms with van der Waals surface area (Å²) in [4.78, 5) is 16.9. The standard InChI is InChI=1S/C27H26N4O/c1-3-22-12-7-9-20(2)26(22)29-25(32)15-14-24-19-31(18-21-10-5-4-6-11-21)30-27(24)23-13-8-16-28-17-23/h4-17,19H,3,18H2,1-2H3,(H,29,32)/b15-14+. The number of aryl methyl sites for hydroxylation is 2. The lowest BCUT2D eigenvalue weighted by molar-refractivity contribution is -0.111. The fraction of sp³-hybridized carbons (Fsp3) is 0.148. The van der Waals surface area contributed by atoms with Crippen molar-refractivity contribution >= 4 is 17.7 Å². The van der Waals surface area contributed by atoms with Crippen LogP contribution in [0.4, 0.5) is 5.69 Å². The molecule has 0 saturated carbocycles. The lowest BCUT2D eigenvalue weighted by Crippen LogP contribution is -2.11. The summed E-state index contributed by atoms with van der Waals surface area (Å²) < 4.78 is 1.89. The zero-order chi connectivity index (χ0) is 22.3. The van der Waals surface area contributed by atoms with E-state index in [1.165, 1.54) is 0 Å². The van der Waals surface area contributed by atoms with Crippen molar-refractivity contribution in [1.82, 2.24) is 14.8 Å². The maximum Gasteiger partial charge on any atom is 0.248 e. The number of pyridine rings is 1. The predicted octanol–water partition coefficient (Wildman–Crippen LogP) is 5.52. The van der Waals surface area contributed by atoms with E-state index in [2.05, 4.69) is 29.4 Å². The molecule has 0 atom stereocenters. The number of aromatic nitrogens is 3. The molecule has 2 aromatic carbocycles. The van der Waals surface area contributed by atoms with Gasteiger partial charge in [-0.3, -0.25) is 14.5 Å². The highest BCUT2D eigenvalue weighted by molar-refractivity contribution is 6.03. The fourth-order valence-corrected chi connectivity index (χ4v) is 3.67. The highest BCUT2D eigenvalue weighted by Crippen LogP contribution is 2.24. The smallest absolute Gasteiger partial charge is 0.248 e. The summed E-state index contributed by atoms with van der Waals surface area (Å²) >= 11 is 0. The van der Waals surface area contributed by atoms with E-state index in [1.54, 1.807) is 18.5 Å². The maximum atomic E-state index is 12.7. The number of carbonyl (C=O) groups excluding carboxylic acids is 1. The molecule has 5 heteroatoms. The normalized spacial score (nSPS) is 11.1. The first-order chi connectivity index (χ1) is 15.6. The molecule has 1 amide bonds. The minimum Gasteiger partial charge on any atom is -0.322 e. The van der Waals surface area contributed by atoms with Gasteiger partial charge in [0.1, 0.15) is 5.69 Å². The molecule has 5 nitrogen and oxygen atoms in total. The number of nitrogens with zero attached hydrogens (tertiary/aromatic N) is 3. The molecule has 32 heavy (non-hydrogen) atoms. The van der Waals surface area contributed by atoms with Crippen LogP contribution in [0.25, 0.3) is 17.3 Å². The third-order valence-corrected chi connectivity index (χ3v) is 5.31. The number of para-hydroxylation sites is 1. The molecule has 0 aliphatic carbocycles. The maximum absolute atomic E-state index is 12.7. The lowest BCUT2D eigenvalue weighted by Gasteiger charge is -2.11. The largest absolute Gasteiger partial charge is 0.322 e. The molecule has 0 saturated heterocycles. The van der Waals surface area contributed by atoms with Crippen molar-refractivity contribution in [2.24, 2.45) is 0 Å². The highest BCUT2D eigenvalue weighted by atomic mass is 16.1. The van der Waals surface area contributed by atoms with Gasteiger partial charge in [-0.25, -0.2) is 0 Å². The lowest BCUT2D eigenvalue weighted by atomic mass is 10.1. The van der Waals surface area contributed by atoms with Gasteiger partial charge in [-0.05, 0) is 48.2 Å². The molecule has 4 rings (SSSR count). The van der Waals surface area contributed by atoms with Crippen molar-refractivity contribution in [2.45, 2.75) is 26.8 Å². The average molecular weight is 423 g/mol. The number of benzene rings is 2. The van der Waals surface area contributed by atoms with Crippen LogP contribution in [0.1, 0.15) is 29.2 Å². The van der Waals surface area contributed by atoms with Gasteiger partial charge in [-0.2, -0.15) is 5.10 Å². The minimum absolute atomic E-state index is 0.165. The van der Waals surface area contributed by atoms with Crippen LogP contribution >= 0.6 is 0 Å². The summed E-state index contributed by atoms with van der Waals surface area (Å²) in [5.74, 6) is -0.165. The van der Waals surface area contributed by atoms with Crippen LogP contribution < -0.4 is 5.32 Å². The van der Waals surface area contributed by atoms with Crippen LogP contribution in [0.5, 0.6) is 0 Å². The van der Waals surface area contributed by atoms with Gasteiger partial charge in [0.25, 0.3) is 0 Å². The van der Waals surface area contributed by atoms with E-state index in [0.29, 0.717) is 6.54 Å². The summed E-state index contributed by atoms with van der Waals surface area (Å²) in [6.45, 7) is 4.74. The van der Waals surface area contributed by atoms with E-state index < -0.39 is 0 Å². The van der Waals surface area contributed by atoms with Crippen molar-refractivity contribution < 1.29 is 4.79 Å². The number of carbonyl (C=O) groups is 1. The fourth-order valence-electron chi connectivity index (χ4n) is 3.67. The Morgan fingerprint density at radius 1 is 1.06 bits per heavy atom. The van der Waals surface area contributed by atoms with E-state index in [9.17, 15) is 4.79 Å². The Morgan fingerprint density at radius 3 is 2.66 bits per heavy atom. The minimum atomic E-state index is -0.165. The second-order valence-electron chi connectivity index (χ2n) is 7.64. The average Bonchev–Trinajstić information content (AvgIpc) is 3.23. The molecule has 160 valence electrons. The first kappa shape index (κ1) is 21.2. The predicted molar refractivity (Wildman–Crippen MR) is 129 cm³/mol. The SMILES string of the molecule is CCc1cccc(C)c1NC(=O)/C=C/c1cn(Cc2ccccc2)nc1-c1cccnc1. The van der Waals surface area contributed by atoms with Crippen molar-refractivity contribution in [3.05, 3.63) is 108 Å². The molecular formula is C27H26N4O. The zero-order valence-electron chi connectivity index (χ0n) is 18.3. The van der Waals surface area contributed by atoms with Gasteiger partial charge in [0, 0.05) is 41.5 Å². The van der Waals surface area contributed by atoms with Crippen molar-refractivity contribution in [3.8, 4) is 11.3 Å². The first-order valence-electron chi connectivity index (χ1n) is 10.7. The summed E-state index contributed by atoms with van der Waals surface area (Å²) in [7, 11) is 0. The van der Waals surface area contributed by atoms with Crippen LogP contribution in [-0.2, 0) is 17.8 Å². The second kappa shape index (κ2) is 9.88. The number of hydrogen-bond acceptors (Lipinski definition) is 3. The van der Waals surface area contributed by atoms with Crippen molar-refractivity contribution in [3.63, 3.8) is 0 Å². The first-order valence-corrected chi connectivity index (χ1v) is 10.7. The third kappa shape index (κ3) is 5.01. The highest BCUT2D eigenvalue weighted by Gasteiger charge is 2.11. The number of amides is 1. The van der Waals surface area contributed by atoms with Crippen LogP contribution in [0.3, 0.4) is 0 Å². The van der Waals surface area contributed by atoms with E-state index in [0.717, 1.165) is 45.6 Å². The second-order valence-corrected chi connectivity index (χ2v) is 7.64. The van der Waals surface area contributed by atoms with Crippen molar-refractivity contribution in [2.75, 3.05) is 5.32 Å². The Bertz CT molecular complexity index is 1230. The van der Waals surface area contributed by atoms with E-state index in [1.807, 2.05) is 72.4 Å². The molecule has 0 aliphatic heterocycles. The quantitative estimate of drug-likeness (QED) is 0.399. The van der Waals surface area contributed by atoms with E-state index in [-0.39, 0.29) is 5.91 Å². The van der Waals surface area contributed by atoms with Gasteiger partial charge in [-0.1, -0.05) is 55.5 Å². The number of anilines is 1. The summed E-state index contributed by atoms with van der Waals surface area (Å²) in [5, 5.41) is 7.81. The van der Waals surface area contributed by atoms with Gasteiger partial charge in [0.15, 0.2) is 0 Å². The van der Waals surface area contributed by atoms with E-state index >= 15 is 0 Å². The Balaban J connectivity index is 1.60. The van der Waals surface area contributed by atoms with Crippen LogP contribution in [0.2, 0.25) is 0 Å². The molecule has 0 radical (unpaired) electrons. The Hall–Kier alpha value is -3.99. The molecule has 2 heterocycles. The monoisotopic (exact) mass is 422 g/mol. The summed E-state index contributed by atoms with van der Waals surface area (Å²) in [6, 6.07) is 20.1. The summed E-state index contributed by atoms with van der Waals surface area (Å²) in [6.07, 6.45) is 9.73. The molecule has 4 aromatic rings. The Kier molecular flexibility index (Phi) is 6.56. The van der Waals surface area contributed by atoms with Gasteiger partial charge in [0.2, 0.25) is 5.91 Å². The summed E-state index contributed by atoms with van der Waals surface area (Å²) in [5.41, 5.74) is 6.79. The van der Waals surface area contributed by atoms with Gasteiger partial charge in [0.05, 0.1) is 6.54 Å². The number of rotatable bonds is 7. The zero-order valence-corrected chi connectivity index (χ0v) is 18.3. The van der Waals surface area contributed by atoms with Gasteiger partial charge >= 0.3 is 0 Å². The third-order valence-electron chi connectivity index (χ3n) is 5.31. The molecule has 0 spiro atoms. The van der Waals surface area contributed by atoms with Gasteiger partial charge < -0.3 is 5.32 Å². The van der Waals surface area contributed by atoms with Crippen molar-refractivity contribution in [1.29, 1.82) is 0 Å². The molecule has 1 N–H and O–H groups in total. The molecule has 0 aliphatic rings. The number of hydrogen-bond donors (Lipinski definition) is 1. The Morgan fingerprint density at radius 2 is 1.91 bits per heavy atom. The van der Waals surface area contributed by atoms with Crippen LogP contribution in [0.15, 0.2) is 85.3 Å². The topological polar surface area (TPSA) is 59.8 Å². The van der Waals surface area contributed by atoms with E-state index in [4.69, 9.17) is 5.10 Å². The Labute approximate surface area is 188 Å². The number of nitrogens with one attached hydrogen (secondary N) is 1. The van der Waals surface area contributed by atoms with Crippen LogP contribution in [-0.4, -0.2) is 20.7 Å². The molecule has 0 bridgehead atoms. The molecular weight excluding hydrogens is 396 g/mol. The molecule has 0 unspecified atom stereocenters. The molecule has 2 aromatic heterocycles.